The molecule has 0 saturated carbocycles. The van der Waals surface area contributed by atoms with Crippen molar-refractivity contribution in [1.82, 2.24) is 0 Å². The molecule has 0 aromatic carbocycles. The third kappa shape index (κ3) is 3.47. The first-order valence-electron chi connectivity index (χ1n) is 4.63. The maximum atomic E-state index is 10.6. The van der Waals surface area contributed by atoms with Crippen LogP contribution in [0.2, 0.25) is 0 Å². The molecule has 4 atom stereocenters. The van der Waals surface area contributed by atoms with Crippen molar-refractivity contribution in [2.75, 3.05) is 0 Å². The second-order valence-electron chi connectivity index (χ2n) is 3.49. The van der Waals surface area contributed by atoms with Crippen LogP contribution in [0, 0.1) is 11.8 Å². The van der Waals surface area contributed by atoms with Crippen LogP contribution in [0.4, 0.5) is 0 Å². The highest BCUT2D eigenvalue weighted by Gasteiger charge is 2.29. The molecule has 0 saturated heterocycles. The Bertz CT molecular complexity index is 212. The summed E-state index contributed by atoms with van der Waals surface area (Å²) in [7, 11) is 0. The summed E-state index contributed by atoms with van der Waals surface area (Å²) in [5.74, 6) is -2.42. The van der Waals surface area contributed by atoms with Gasteiger partial charge >= 0.3 is 5.97 Å². The molecule has 0 amide bonds. The lowest BCUT2D eigenvalue weighted by Crippen LogP contribution is -2.36. The third-order valence-electron chi connectivity index (χ3n) is 2.37. The van der Waals surface area contributed by atoms with E-state index in [9.17, 15) is 15.0 Å². The molecule has 0 aromatic heterocycles. The van der Waals surface area contributed by atoms with Gasteiger partial charge in [-0.25, -0.2) is 0 Å². The molecule has 0 radical (unpaired) electrons. The summed E-state index contributed by atoms with van der Waals surface area (Å²) < 4.78 is 0. The Morgan fingerprint density at radius 2 is 1.79 bits per heavy atom. The van der Waals surface area contributed by atoms with Crippen molar-refractivity contribution in [3.05, 3.63) is 12.2 Å². The maximum Gasteiger partial charge on any atom is 0.308 e. The summed E-state index contributed by atoms with van der Waals surface area (Å²) in [5.41, 5.74) is 0. The van der Waals surface area contributed by atoms with Crippen LogP contribution in [0.25, 0.3) is 0 Å². The summed E-state index contributed by atoms with van der Waals surface area (Å²) in [6, 6.07) is 0. The van der Waals surface area contributed by atoms with Crippen LogP contribution in [0.1, 0.15) is 20.8 Å². The van der Waals surface area contributed by atoms with E-state index in [4.69, 9.17) is 5.11 Å². The molecule has 0 aromatic rings. The van der Waals surface area contributed by atoms with Crippen molar-refractivity contribution in [3.63, 3.8) is 0 Å². The molecule has 3 N–H and O–H groups in total. The van der Waals surface area contributed by atoms with E-state index in [0.717, 1.165) is 0 Å². The minimum atomic E-state index is -1.06. The molecule has 82 valence electrons. The maximum absolute atomic E-state index is 10.6. The number of hydrogen-bond acceptors (Lipinski definition) is 3. The van der Waals surface area contributed by atoms with Crippen molar-refractivity contribution in [2.24, 2.45) is 11.8 Å². The summed E-state index contributed by atoms with van der Waals surface area (Å²) in [6.45, 7) is 4.80. The lowest BCUT2D eigenvalue weighted by molar-refractivity contribution is -0.146. The Morgan fingerprint density at radius 3 is 2.14 bits per heavy atom. The molecule has 0 rings (SSSR count). The predicted octanol–water partition coefficient (Wildman–Crippen LogP) is 0.641. The van der Waals surface area contributed by atoms with Gasteiger partial charge in [-0.3, -0.25) is 4.79 Å². The van der Waals surface area contributed by atoms with E-state index < -0.39 is 30.0 Å². The smallest absolute Gasteiger partial charge is 0.308 e. The van der Waals surface area contributed by atoms with Crippen LogP contribution in [0.3, 0.4) is 0 Å². The van der Waals surface area contributed by atoms with Gasteiger partial charge in [0.15, 0.2) is 0 Å². The number of aliphatic hydroxyl groups is 2. The van der Waals surface area contributed by atoms with Gasteiger partial charge in [0.2, 0.25) is 0 Å². The SMILES string of the molecule is CC=C[C@@H](O)C(C)C(O)C(C)C(=O)O. The highest BCUT2D eigenvalue weighted by Crippen LogP contribution is 2.17. The first kappa shape index (κ1) is 13.1. The summed E-state index contributed by atoms with van der Waals surface area (Å²) >= 11 is 0. The zero-order valence-corrected chi connectivity index (χ0v) is 8.71. The van der Waals surface area contributed by atoms with Gasteiger partial charge in [-0.05, 0) is 13.8 Å². The molecule has 3 unspecified atom stereocenters. The third-order valence-corrected chi connectivity index (χ3v) is 2.37. The van der Waals surface area contributed by atoms with Crippen molar-refractivity contribution < 1.29 is 20.1 Å². The molecular formula is C10H18O4. The number of carboxylic acids is 1. The van der Waals surface area contributed by atoms with Gasteiger partial charge in [-0.2, -0.15) is 0 Å². The van der Waals surface area contributed by atoms with Crippen LogP contribution in [-0.4, -0.2) is 33.5 Å². The van der Waals surface area contributed by atoms with Gasteiger partial charge < -0.3 is 15.3 Å². The molecule has 0 aliphatic carbocycles. The molecule has 0 bridgehead atoms. The normalized spacial score (nSPS) is 20.4. The number of aliphatic hydroxyl groups excluding tert-OH is 2. The quantitative estimate of drug-likeness (QED) is 0.572. The minimum absolute atomic E-state index is 0.489. The monoisotopic (exact) mass is 202 g/mol. The topological polar surface area (TPSA) is 77.8 Å². The fourth-order valence-corrected chi connectivity index (χ4v) is 1.18. The molecule has 0 aliphatic rings. The Kier molecular flexibility index (Phi) is 5.42. The number of carbonyl (C=O) groups is 1. The molecular weight excluding hydrogens is 184 g/mol. The minimum Gasteiger partial charge on any atom is -0.481 e. The summed E-state index contributed by atoms with van der Waals surface area (Å²) in [4.78, 5) is 10.6. The average molecular weight is 202 g/mol. The van der Waals surface area contributed by atoms with E-state index in [1.165, 1.54) is 13.0 Å². The number of allylic oxidation sites excluding steroid dienone is 1. The van der Waals surface area contributed by atoms with Gasteiger partial charge in [0.05, 0.1) is 18.1 Å². The van der Waals surface area contributed by atoms with Crippen molar-refractivity contribution in [1.29, 1.82) is 0 Å². The van der Waals surface area contributed by atoms with Crippen LogP contribution >= 0.6 is 0 Å². The largest absolute Gasteiger partial charge is 0.481 e. The number of rotatable bonds is 5. The standard InChI is InChI=1S/C10H18O4/c1-4-5-8(11)6(2)9(12)7(3)10(13)14/h4-9,11-12H,1-3H3,(H,13,14)/t6?,7?,8-,9?/m1/s1. The number of hydrogen-bond donors (Lipinski definition) is 3. The van der Waals surface area contributed by atoms with Crippen LogP contribution < -0.4 is 0 Å². The van der Waals surface area contributed by atoms with E-state index in [2.05, 4.69) is 0 Å². The predicted molar refractivity (Wildman–Crippen MR) is 52.8 cm³/mol. The summed E-state index contributed by atoms with van der Waals surface area (Å²) in [6.07, 6.45) is 1.34. The van der Waals surface area contributed by atoms with Gasteiger partial charge in [0, 0.05) is 5.92 Å². The zero-order valence-electron chi connectivity index (χ0n) is 8.71. The van der Waals surface area contributed by atoms with Gasteiger partial charge in [-0.1, -0.05) is 19.1 Å². The Hall–Kier alpha value is -0.870. The molecule has 0 aliphatic heterocycles. The van der Waals surface area contributed by atoms with Crippen molar-refractivity contribution >= 4 is 5.97 Å². The average Bonchev–Trinajstić information content (AvgIpc) is 2.14. The molecule has 0 fully saturated rings. The highest BCUT2D eigenvalue weighted by atomic mass is 16.4. The van der Waals surface area contributed by atoms with Crippen molar-refractivity contribution in [3.8, 4) is 0 Å². The van der Waals surface area contributed by atoms with Crippen molar-refractivity contribution in [2.45, 2.75) is 33.0 Å². The van der Waals surface area contributed by atoms with Crippen LogP contribution in [0.5, 0.6) is 0 Å². The first-order chi connectivity index (χ1) is 6.41. The fraction of sp³-hybridized carbons (Fsp3) is 0.700. The molecule has 14 heavy (non-hydrogen) atoms. The van der Waals surface area contributed by atoms with Gasteiger partial charge in [0.25, 0.3) is 0 Å². The second-order valence-corrected chi connectivity index (χ2v) is 3.49. The second kappa shape index (κ2) is 5.78. The first-order valence-corrected chi connectivity index (χ1v) is 4.63. The zero-order chi connectivity index (χ0) is 11.3. The van der Waals surface area contributed by atoms with Crippen LogP contribution in [-0.2, 0) is 4.79 Å². The van der Waals surface area contributed by atoms with E-state index in [0.29, 0.717) is 0 Å². The van der Waals surface area contributed by atoms with E-state index in [1.807, 2.05) is 0 Å². The molecule has 4 heteroatoms. The van der Waals surface area contributed by atoms with Gasteiger partial charge in [-0.15, -0.1) is 0 Å². The Morgan fingerprint density at radius 1 is 1.29 bits per heavy atom. The van der Waals surface area contributed by atoms with E-state index in [1.54, 1.807) is 19.9 Å². The lowest BCUT2D eigenvalue weighted by Gasteiger charge is -2.24. The summed E-state index contributed by atoms with van der Waals surface area (Å²) in [5, 5.41) is 27.7. The van der Waals surface area contributed by atoms with Gasteiger partial charge in [0.1, 0.15) is 0 Å². The van der Waals surface area contributed by atoms with E-state index in [-0.39, 0.29) is 0 Å². The fourth-order valence-electron chi connectivity index (χ4n) is 1.18. The molecule has 0 heterocycles. The van der Waals surface area contributed by atoms with Crippen LogP contribution in [0.15, 0.2) is 12.2 Å². The Labute approximate surface area is 83.9 Å². The lowest BCUT2D eigenvalue weighted by atomic mass is 9.89. The Balaban J connectivity index is 4.37. The van der Waals surface area contributed by atoms with E-state index >= 15 is 0 Å². The number of aliphatic carboxylic acids is 1. The molecule has 4 nitrogen and oxygen atoms in total. The highest BCUT2D eigenvalue weighted by molar-refractivity contribution is 5.70. The number of carboxylic acid groups (broad SMARTS) is 1. The molecule has 0 spiro atoms.